The van der Waals surface area contributed by atoms with E-state index >= 15 is 0 Å². The van der Waals surface area contributed by atoms with Crippen molar-refractivity contribution in [3.8, 4) is 5.75 Å². The first-order valence-electron chi connectivity index (χ1n) is 7.24. The van der Waals surface area contributed by atoms with Crippen LogP contribution in [0.5, 0.6) is 5.75 Å². The van der Waals surface area contributed by atoms with Gasteiger partial charge in [-0.25, -0.2) is 4.79 Å². The number of Topliss-reactive ketones (excluding diaryl/α,β-unsaturated/α-hetero) is 1. The van der Waals surface area contributed by atoms with Crippen molar-refractivity contribution < 1.29 is 23.5 Å². The zero-order chi connectivity index (χ0) is 18.0. The first-order valence-corrected chi connectivity index (χ1v) is 7.62. The molecule has 0 bridgehead atoms. The molecule has 0 amide bonds. The lowest BCUT2D eigenvalue weighted by Crippen LogP contribution is -2.21. The van der Waals surface area contributed by atoms with Crippen molar-refractivity contribution in [3.63, 3.8) is 0 Å². The Balaban J connectivity index is 2.55. The molecule has 0 radical (unpaired) electrons. The number of methoxy groups -OCH3 is 1. The van der Waals surface area contributed by atoms with Gasteiger partial charge in [-0.05, 0) is 32.4 Å². The van der Waals surface area contributed by atoms with Crippen molar-refractivity contribution in [1.82, 2.24) is 0 Å². The van der Waals surface area contributed by atoms with Gasteiger partial charge in [0.25, 0.3) is 0 Å². The van der Waals surface area contributed by atoms with Gasteiger partial charge in [0.2, 0.25) is 0 Å². The number of esters is 1. The van der Waals surface area contributed by atoms with Crippen LogP contribution in [0.3, 0.4) is 0 Å². The van der Waals surface area contributed by atoms with E-state index in [4.69, 9.17) is 20.8 Å². The zero-order valence-electron chi connectivity index (χ0n) is 13.8. The Hall–Kier alpha value is -2.34. The molecule has 0 saturated heterocycles. The molecule has 2 aromatic rings. The van der Waals surface area contributed by atoms with E-state index in [0.717, 1.165) is 0 Å². The molecule has 2 rings (SSSR count). The fraction of sp³-hybridized carbons (Fsp3) is 0.353. The third-order valence-corrected chi connectivity index (χ3v) is 4.06. The average Bonchev–Trinajstić information content (AvgIpc) is 2.52. The Kier molecular flexibility index (Phi) is 5.29. The molecular weight excluding hydrogens is 336 g/mol. The van der Waals surface area contributed by atoms with Crippen LogP contribution in [-0.2, 0) is 20.7 Å². The molecule has 0 aliphatic carbocycles. The highest BCUT2D eigenvalue weighted by atomic mass is 35.5. The first kappa shape index (κ1) is 18.0. The SMILES string of the molecule is COC(=O)Cc1c(C)c2cc(Cl)c(OC(C)C(C)=O)cc2oc1=O. The van der Waals surface area contributed by atoms with E-state index in [2.05, 4.69) is 4.74 Å². The van der Waals surface area contributed by atoms with Crippen molar-refractivity contribution in [3.05, 3.63) is 38.7 Å². The monoisotopic (exact) mass is 352 g/mol. The highest BCUT2D eigenvalue weighted by Gasteiger charge is 2.18. The average molecular weight is 353 g/mol. The largest absolute Gasteiger partial charge is 0.481 e. The third-order valence-electron chi connectivity index (χ3n) is 3.76. The van der Waals surface area contributed by atoms with Gasteiger partial charge >= 0.3 is 11.6 Å². The summed E-state index contributed by atoms with van der Waals surface area (Å²) in [6.07, 6.45) is -0.857. The number of ether oxygens (including phenoxy) is 2. The second-order valence-corrected chi connectivity index (χ2v) is 5.80. The van der Waals surface area contributed by atoms with Crippen LogP contribution >= 0.6 is 11.6 Å². The first-order chi connectivity index (χ1) is 11.2. The quantitative estimate of drug-likeness (QED) is 0.608. The number of hydrogen-bond donors (Lipinski definition) is 0. The van der Waals surface area contributed by atoms with Crippen molar-refractivity contribution in [2.75, 3.05) is 7.11 Å². The second-order valence-electron chi connectivity index (χ2n) is 5.40. The molecule has 1 aromatic heterocycles. The summed E-state index contributed by atoms with van der Waals surface area (Å²) in [5.41, 5.74) is 0.440. The Morgan fingerprint density at radius 3 is 2.58 bits per heavy atom. The summed E-state index contributed by atoms with van der Waals surface area (Å²) in [5.74, 6) is -0.446. The number of halogens is 1. The van der Waals surface area contributed by atoms with Crippen molar-refractivity contribution in [1.29, 1.82) is 0 Å². The number of aryl methyl sites for hydroxylation is 1. The van der Waals surface area contributed by atoms with Gasteiger partial charge in [-0.3, -0.25) is 9.59 Å². The predicted molar refractivity (Wildman–Crippen MR) is 88.7 cm³/mol. The van der Waals surface area contributed by atoms with Gasteiger partial charge in [0.1, 0.15) is 11.3 Å². The van der Waals surface area contributed by atoms with E-state index in [-0.39, 0.29) is 34.1 Å². The number of ketones is 1. The summed E-state index contributed by atoms with van der Waals surface area (Å²) < 4.78 is 15.3. The Bertz CT molecular complexity index is 867. The van der Waals surface area contributed by atoms with E-state index in [1.54, 1.807) is 19.9 Å². The maximum Gasteiger partial charge on any atom is 0.340 e. The lowest BCUT2D eigenvalue weighted by Gasteiger charge is -2.14. The molecule has 0 spiro atoms. The van der Waals surface area contributed by atoms with Gasteiger partial charge in [-0.2, -0.15) is 0 Å². The van der Waals surface area contributed by atoms with Crippen LogP contribution in [-0.4, -0.2) is 25.0 Å². The standard InChI is InChI=1S/C17H17ClO6/c1-8-11-5-13(18)15(23-10(3)9(2)19)7-14(11)24-17(21)12(8)6-16(20)22-4/h5,7,10H,6H2,1-4H3. The molecular formula is C17H17ClO6. The Morgan fingerprint density at radius 1 is 1.33 bits per heavy atom. The fourth-order valence-corrected chi connectivity index (χ4v) is 2.38. The smallest absolute Gasteiger partial charge is 0.340 e. The maximum absolute atomic E-state index is 12.1. The van der Waals surface area contributed by atoms with E-state index < -0.39 is 17.7 Å². The number of hydrogen-bond acceptors (Lipinski definition) is 6. The molecule has 0 aliphatic rings. The summed E-state index contributed by atoms with van der Waals surface area (Å²) in [4.78, 5) is 34.9. The van der Waals surface area contributed by atoms with Crippen molar-refractivity contribution in [2.45, 2.75) is 33.3 Å². The minimum Gasteiger partial charge on any atom is -0.481 e. The summed E-state index contributed by atoms with van der Waals surface area (Å²) in [7, 11) is 1.25. The van der Waals surface area contributed by atoms with Crippen molar-refractivity contribution >= 4 is 34.3 Å². The molecule has 0 fully saturated rings. The van der Waals surface area contributed by atoms with Gasteiger partial charge in [0.05, 0.1) is 24.1 Å². The van der Waals surface area contributed by atoms with Gasteiger partial charge in [-0.1, -0.05) is 11.6 Å². The van der Waals surface area contributed by atoms with E-state index in [0.29, 0.717) is 10.9 Å². The molecule has 0 N–H and O–H groups in total. The molecule has 128 valence electrons. The number of carbonyl (C=O) groups excluding carboxylic acids is 2. The van der Waals surface area contributed by atoms with Crippen LogP contribution in [0.4, 0.5) is 0 Å². The minimum atomic E-state index is -0.675. The van der Waals surface area contributed by atoms with E-state index in [1.807, 2.05) is 0 Å². The van der Waals surface area contributed by atoms with Crippen LogP contribution in [0.2, 0.25) is 5.02 Å². The van der Waals surface area contributed by atoms with Crippen LogP contribution in [0.15, 0.2) is 21.3 Å². The van der Waals surface area contributed by atoms with Gasteiger partial charge in [0.15, 0.2) is 11.9 Å². The zero-order valence-corrected chi connectivity index (χ0v) is 14.5. The molecule has 1 unspecified atom stereocenters. The van der Waals surface area contributed by atoms with Gasteiger partial charge in [-0.15, -0.1) is 0 Å². The number of carbonyl (C=O) groups is 2. The highest BCUT2D eigenvalue weighted by Crippen LogP contribution is 2.32. The fourth-order valence-electron chi connectivity index (χ4n) is 2.17. The molecule has 1 atom stereocenters. The third kappa shape index (κ3) is 3.59. The van der Waals surface area contributed by atoms with E-state index in [1.165, 1.54) is 20.1 Å². The van der Waals surface area contributed by atoms with E-state index in [9.17, 15) is 14.4 Å². The van der Waals surface area contributed by atoms with Crippen molar-refractivity contribution in [2.24, 2.45) is 0 Å². The normalized spacial score (nSPS) is 12.0. The Morgan fingerprint density at radius 2 is 2.00 bits per heavy atom. The van der Waals surface area contributed by atoms with Crippen LogP contribution < -0.4 is 10.4 Å². The molecule has 6 nitrogen and oxygen atoms in total. The molecule has 7 heteroatoms. The Labute approximate surface area is 143 Å². The summed E-state index contributed by atoms with van der Waals surface area (Å²) in [6, 6.07) is 3.05. The predicted octanol–water partition coefficient (Wildman–Crippen LogP) is 2.83. The maximum atomic E-state index is 12.1. The molecule has 1 aromatic carbocycles. The molecule has 0 aliphatic heterocycles. The van der Waals surface area contributed by atoms with Crippen LogP contribution in [0.1, 0.15) is 25.0 Å². The van der Waals surface area contributed by atoms with Gasteiger partial charge < -0.3 is 13.9 Å². The number of fused-ring (bicyclic) bond motifs is 1. The summed E-state index contributed by atoms with van der Waals surface area (Å²) >= 11 is 6.20. The van der Waals surface area contributed by atoms with Gasteiger partial charge in [0, 0.05) is 11.5 Å². The van der Waals surface area contributed by atoms with Crippen LogP contribution in [0, 0.1) is 6.92 Å². The molecule has 1 heterocycles. The molecule has 24 heavy (non-hydrogen) atoms. The highest BCUT2D eigenvalue weighted by molar-refractivity contribution is 6.32. The summed E-state index contributed by atoms with van der Waals surface area (Å²) in [5, 5.41) is 0.859. The van der Waals surface area contributed by atoms with Crippen LogP contribution in [0.25, 0.3) is 11.0 Å². The second kappa shape index (κ2) is 7.05. The lowest BCUT2D eigenvalue weighted by molar-refractivity contribution is -0.139. The minimum absolute atomic E-state index is 0.155. The molecule has 0 saturated carbocycles. The summed E-state index contributed by atoms with van der Waals surface area (Å²) in [6.45, 7) is 4.71. The topological polar surface area (TPSA) is 82.8 Å². The number of benzene rings is 1. The lowest BCUT2D eigenvalue weighted by atomic mass is 10.0. The number of rotatable bonds is 5.